The molecule has 0 bridgehead atoms. The summed E-state index contributed by atoms with van der Waals surface area (Å²) in [4.78, 5) is 0.377. The predicted molar refractivity (Wildman–Crippen MR) is 83.9 cm³/mol. The van der Waals surface area contributed by atoms with Gasteiger partial charge in [0.2, 0.25) is 10.0 Å². The summed E-state index contributed by atoms with van der Waals surface area (Å²) in [6.07, 6.45) is 2.95. The van der Waals surface area contributed by atoms with Crippen LogP contribution in [0.5, 0.6) is 0 Å². The molecule has 2 rings (SSSR count). The number of halogens is 1. The molecule has 0 spiro atoms. The quantitative estimate of drug-likeness (QED) is 0.834. The minimum absolute atomic E-state index is 0. The van der Waals surface area contributed by atoms with Gasteiger partial charge in [-0.3, -0.25) is 0 Å². The van der Waals surface area contributed by atoms with Gasteiger partial charge in [-0.1, -0.05) is 23.8 Å². The molecule has 0 aromatic heterocycles. The van der Waals surface area contributed by atoms with Gasteiger partial charge in [0.1, 0.15) is 0 Å². The van der Waals surface area contributed by atoms with Crippen LogP contribution in [0.1, 0.15) is 17.5 Å². The van der Waals surface area contributed by atoms with E-state index in [1.54, 1.807) is 6.07 Å². The van der Waals surface area contributed by atoms with E-state index in [4.69, 9.17) is 0 Å². The Morgan fingerprint density at radius 3 is 2.70 bits per heavy atom. The van der Waals surface area contributed by atoms with Crippen LogP contribution in [0.4, 0.5) is 0 Å². The molecule has 1 aliphatic rings. The van der Waals surface area contributed by atoms with Crippen molar-refractivity contribution in [1.82, 2.24) is 10.0 Å². The first-order valence-electron chi connectivity index (χ1n) is 6.44. The maximum Gasteiger partial charge on any atom is 0.241 e. The lowest BCUT2D eigenvalue weighted by atomic mass is 10.1. The molecule has 0 radical (unpaired) electrons. The summed E-state index contributed by atoms with van der Waals surface area (Å²) in [5, 5.41) is 3.21. The van der Waals surface area contributed by atoms with Crippen LogP contribution in [-0.4, -0.2) is 28.1 Å². The standard InChI is InChI=1S/C14H20N2O2S.ClH/c1-11-3-4-12(2)14(9-11)19(17,18)16-10-13-5-7-15-8-6-13;/h3-5,9,15-16H,6-8,10H2,1-2H3;1H. The molecule has 112 valence electrons. The lowest BCUT2D eigenvalue weighted by molar-refractivity contribution is 0.581. The number of hydrogen-bond acceptors (Lipinski definition) is 3. The van der Waals surface area contributed by atoms with Gasteiger partial charge in [-0.05, 0) is 44.0 Å². The van der Waals surface area contributed by atoms with Crippen LogP contribution in [0.25, 0.3) is 0 Å². The van der Waals surface area contributed by atoms with Gasteiger partial charge in [0, 0.05) is 13.1 Å². The molecule has 1 aliphatic heterocycles. The van der Waals surface area contributed by atoms with E-state index < -0.39 is 10.0 Å². The summed E-state index contributed by atoms with van der Waals surface area (Å²) < 4.78 is 27.3. The smallest absolute Gasteiger partial charge is 0.241 e. The van der Waals surface area contributed by atoms with Gasteiger partial charge in [-0.2, -0.15) is 0 Å². The Morgan fingerprint density at radius 1 is 1.30 bits per heavy atom. The second-order valence-electron chi connectivity index (χ2n) is 4.91. The molecule has 0 saturated carbocycles. The Kier molecular flexibility index (Phi) is 6.20. The highest BCUT2D eigenvalue weighted by Gasteiger charge is 2.17. The van der Waals surface area contributed by atoms with E-state index in [0.29, 0.717) is 11.4 Å². The largest absolute Gasteiger partial charge is 0.313 e. The van der Waals surface area contributed by atoms with Crippen molar-refractivity contribution in [3.8, 4) is 0 Å². The second-order valence-corrected chi connectivity index (χ2v) is 6.65. The van der Waals surface area contributed by atoms with Crippen LogP contribution < -0.4 is 10.0 Å². The van der Waals surface area contributed by atoms with E-state index in [0.717, 1.165) is 36.2 Å². The van der Waals surface area contributed by atoms with E-state index in [1.807, 2.05) is 26.0 Å². The molecule has 1 heterocycles. The predicted octanol–water partition coefficient (Wildman–Crippen LogP) is 1.92. The molecule has 1 aromatic rings. The highest BCUT2D eigenvalue weighted by Crippen LogP contribution is 2.17. The third-order valence-electron chi connectivity index (χ3n) is 3.28. The normalized spacial score (nSPS) is 15.4. The number of sulfonamides is 1. The molecular formula is C14H21ClN2O2S. The summed E-state index contributed by atoms with van der Waals surface area (Å²) in [6, 6.07) is 5.48. The number of hydrogen-bond donors (Lipinski definition) is 2. The molecule has 2 N–H and O–H groups in total. The van der Waals surface area contributed by atoms with Crippen molar-refractivity contribution in [2.75, 3.05) is 19.6 Å². The lowest BCUT2D eigenvalue weighted by Crippen LogP contribution is -2.30. The fourth-order valence-electron chi connectivity index (χ4n) is 2.09. The van der Waals surface area contributed by atoms with Crippen molar-refractivity contribution in [3.63, 3.8) is 0 Å². The number of benzene rings is 1. The van der Waals surface area contributed by atoms with Crippen LogP contribution in [-0.2, 0) is 10.0 Å². The first kappa shape index (κ1) is 17.2. The first-order chi connectivity index (χ1) is 8.99. The Bertz CT molecular complexity index is 597. The molecule has 0 aliphatic carbocycles. The van der Waals surface area contributed by atoms with E-state index in [2.05, 4.69) is 16.1 Å². The highest BCUT2D eigenvalue weighted by atomic mass is 35.5. The second kappa shape index (κ2) is 7.22. The first-order valence-corrected chi connectivity index (χ1v) is 7.93. The average Bonchev–Trinajstić information content (AvgIpc) is 2.40. The number of nitrogens with one attached hydrogen (secondary N) is 2. The van der Waals surface area contributed by atoms with Crippen LogP contribution >= 0.6 is 12.4 Å². The summed E-state index contributed by atoms with van der Waals surface area (Å²) >= 11 is 0. The molecule has 20 heavy (non-hydrogen) atoms. The third-order valence-corrected chi connectivity index (χ3v) is 4.82. The van der Waals surface area contributed by atoms with Crippen molar-refractivity contribution in [3.05, 3.63) is 41.0 Å². The summed E-state index contributed by atoms with van der Waals surface area (Å²) in [6.45, 7) is 5.85. The van der Waals surface area contributed by atoms with Crippen molar-refractivity contribution in [2.45, 2.75) is 25.2 Å². The van der Waals surface area contributed by atoms with Crippen LogP contribution in [0.2, 0.25) is 0 Å². The monoisotopic (exact) mass is 316 g/mol. The van der Waals surface area contributed by atoms with Gasteiger partial charge in [0.15, 0.2) is 0 Å². The molecule has 0 unspecified atom stereocenters. The van der Waals surface area contributed by atoms with E-state index in [9.17, 15) is 8.42 Å². The Balaban J connectivity index is 0.00000200. The SMILES string of the molecule is Cc1ccc(C)c(S(=O)(=O)NCC2=CCNCC2)c1.Cl. The minimum atomic E-state index is -3.42. The Labute approximate surface area is 127 Å². The van der Waals surface area contributed by atoms with Crippen LogP contribution in [0, 0.1) is 13.8 Å². The molecular weight excluding hydrogens is 296 g/mol. The van der Waals surface area contributed by atoms with Crippen molar-refractivity contribution < 1.29 is 8.42 Å². The summed E-state index contributed by atoms with van der Waals surface area (Å²) in [5.74, 6) is 0. The molecule has 1 aromatic carbocycles. The van der Waals surface area contributed by atoms with Crippen LogP contribution in [0.15, 0.2) is 34.7 Å². The zero-order chi connectivity index (χ0) is 13.9. The zero-order valence-electron chi connectivity index (χ0n) is 11.8. The maximum absolute atomic E-state index is 12.3. The molecule has 0 fully saturated rings. The Hall–Kier alpha value is -0.880. The summed E-state index contributed by atoms with van der Waals surface area (Å²) in [5.41, 5.74) is 2.87. The molecule has 6 heteroatoms. The van der Waals surface area contributed by atoms with Gasteiger partial charge < -0.3 is 5.32 Å². The van der Waals surface area contributed by atoms with Gasteiger partial charge in [0.05, 0.1) is 4.90 Å². The van der Waals surface area contributed by atoms with Gasteiger partial charge in [-0.15, -0.1) is 12.4 Å². The fourth-order valence-corrected chi connectivity index (χ4v) is 3.46. The van der Waals surface area contributed by atoms with Crippen molar-refractivity contribution in [1.29, 1.82) is 0 Å². The molecule has 4 nitrogen and oxygen atoms in total. The fraction of sp³-hybridized carbons (Fsp3) is 0.429. The average molecular weight is 317 g/mol. The van der Waals surface area contributed by atoms with Crippen LogP contribution in [0.3, 0.4) is 0 Å². The molecule has 0 atom stereocenters. The zero-order valence-corrected chi connectivity index (χ0v) is 13.4. The van der Waals surface area contributed by atoms with E-state index >= 15 is 0 Å². The van der Waals surface area contributed by atoms with Crippen molar-refractivity contribution >= 4 is 22.4 Å². The van der Waals surface area contributed by atoms with Gasteiger partial charge in [-0.25, -0.2) is 13.1 Å². The Morgan fingerprint density at radius 2 is 2.05 bits per heavy atom. The minimum Gasteiger partial charge on any atom is -0.313 e. The third kappa shape index (κ3) is 4.31. The molecule has 0 amide bonds. The van der Waals surface area contributed by atoms with Gasteiger partial charge >= 0.3 is 0 Å². The number of aryl methyl sites for hydroxylation is 2. The highest BCUT2D eigenvalue weighted by molar-refractivity contribution is 7.89. The topological polar surface area (TPSA) is 58.2 Å². The molecule has 0 saturated heterocycles. The van der Waals surface area contributed by atoms with Gasteiger partial charge in [0.25, 0.3) is 0 Å². The number of rotatable bonds is 4. The van der Waals surface area contributed by atoms with Crippen molar-refractivity contribution in [2.24, 2.45) is 0 Å². The van der Waals surface area contributed by atoms with E-state index in [1.165, 1.54) is 0 Å². The summed E-state index contributed by atoms with van der Waals surface area (Å²) in [7, 11) is -3.42. The lowest BCUT2D eigenvalue weighted by Gasteiger charge is -2.15. The van der Waals surface area contributed by atoms with E-state index in [-0.39, 0.29) is 12.4 Å². The maximum atomic E-state index is 12.3.